The minimum atomic E-state index is -0.371. The zero-order valence-electron chi connectivity index (χ0n) is 17.6. The molecule has 0 bridgehead atoms. The van der Waals surface area contributed by atoms with Gasteiger partial charge in [0.1, 0.15) is 6.04 Å². The van der Waals surface area contributed by atoms with Gasteiger partial charge in [-0.1, -0.05) is 23.4 Å². The molecule has 8 nitrogen and oxygen atoms in total. The maximum absolute atomic E-state index is 13.8. The second kappa shape index (κ2) is 7.61. The van der Waals surface area contributed by atoms with Crippen molar-refractivity contribution in [3.05, 3.63) is 59.2 Å². The number of nitrogens with zero attached hydrogens (tertiary/aromatic N) is 3. The van der Waals surface area contributed by atoms with E-state index in [0.29, 0.717) is 41.0 Å². The molecule has 1 fully saturated rings. The van der Waals surface area contributed by atoms with E-state index in [4.69, 9.17) is 18.7 Å². The van der Waals surface area contributed by atoms with Crippen LogP contribution >= 0.6 is 0 Å². The normalized spacial score (nSPS) is 17.4. The Kier molecular flexibility index (Phi) is 4.77. The van der Waals surface area contributed by atoms with Gasteiger partial charge in [-0.15, -0.1) is 0 Å². The average molecular weight is 421 g/mol. The molecule has 0 spiro atoms. The number of rotatable bonds is 6. The second-order valence-electron chi connectivity index (χ2n) is 7.70. The number of benzene rings is 2. The predicted octanol–water partition coefficient (Wildman–Crippen LogP) is 3.92. The Morgan fingerprint density at radius 3 is 2.42 bits per heavy atom. The van der Waals surface area contributed by atoms with Crippen molar-refractivity contribution in [2.45, 2.75) is 31.2 Å². The van der Waals surface area contributed by atoms with Crippen molar-refractivity contribution in [1.29, 1.82) is 0 Å². The Morgan fingerprint density at radius 2 is 1.77 bits per heavy atom. The summed E-state index contributed by atoms with van der Waals surface area (Å²) in [5.74, 6) is 2.63. The Morgan fingerprint density at radius 1 is 1.06 bits per heavy atom. The van der Waals surface area contributed by atoms with Crippen LogP contribution in [0, 0.1) is 0 Å². The first-order valence-electron chi connectivity index (χ1n) is 10.2. The molecular weight excluding hydrogens is 398 g/mol. The maximum Gasteiger partial charge on any atom is 0.259 e. The van der Waals surface area contributed by atoms with E-state index in [1.165, 1.54) is 21.3 Å². The summed E-state index contributed by atoms with van der Waals surface area (Å²) in [6.45, 7) is 0. The summed E-state index contributed by atoms with van der Waals surface area (Å²) in [6.07, 6.45) is 2.77. The summed E-state index contributed by atoms with van der Waals surface area (Å²) in [4.78, 5) is 20.1. The molecular formula is C23H23N3O5. The van der Waals surface area contributed by atoms with Gasteiger partial charge in [0, 0.05) is 23.6 Å². The average Bonchev–Trinajstić information content (AvgIpc) is 3.41. The third kappa shape index (κ3) is 3.28. The van der Waals surface area contributed by atoms with Crippen molar-refractivity contribution in [2.75, 3.05) is 26.2 Å². The first-order chi connectivity index (χ1) is 15.1. The maximum atomic E-state index is 13.8. The highest BCUT2D eigenvalue weighted by Gasteiger charge is 2.40. The van der Waals surface area contributed by atoms with Crippen LogP contribution in [0.25, 0.3) is 0 Å². The highest BCUT2D eigenvalue weighted by Crippen LogP contribution is 2.44. The van der Waals surface area contributed by atoms with E-state index in [1.54, 1.807) is 17.0 Å². The largest absolute Gasteiger partial charge is 0.493 e. The number of amides is 1. The standard InChI is InChI=1S/C23H23N3O5/c1-28-18-11-15(12-19(29-2)20(18)30-3)23(27)26-16-7-5-4-6-14(16)10-17(26)22-24-21(25-31-22)13-8-9-13/h4-7,11-13,17H,8-10H2,1-3H3. The van der Waals surface area contributed by atoms with E-state index in [1.807, 2.05) is 24.3 Å². The number of hydrogen-bond acceptors (Lipinski definition) is 7. The number of fused-ring (bicyclic) bond motifs is 1. The molecule has 0 saturated heterocycles. The Balaban J connectivity index is 1.57. The number of ether oxygens (including phenoxy) is 3. The number of methoxy groups -OCH3 is 3. The number of para-hydroxylation sites is 1. The molecule has 2 aromatic carbocycles. The van der Waals surface area contributed by atoms with E-state index in [-0.39, 0.29) is 11.9 Å². The molecule has 5 rings (SSSR count). The van der Waals surface area contributed by atoms with Crippen molar-refractivity contribution in [1.82, 2.24) is 10.1 Å². The van der Waals surface area contributed by atoms with Crippen molar-refractivity contribution >= 4 is 11.6 Å². The molecule has 1 aliphatic heterocycles. The predicted molar refractivity (Wildman–Crippen MR) is 112 cm³/mol. The smallest absolute Gasteiger partial charge is 0.259 e. The number of hydrogen-bond donors (Lipinski definition) is 0. The van der Waals surface area contributed by atoms with Crippen molar-refractivity contribution < 1.29 is 23.5 Å². The molecule has 2 aliphatic rings. The van der Waals surface area contributed by atoms with Crippen molar-refractivity contribution in [2.24, 2.45) is 0 Å². The molecule has 160 valence electrons. The van der Waals surface area contributed by atoms with Gasteiger partial charge in [0.2, 0.25) is 11.6 Å². The molecule has 0 radical (unpaired) electrons. The minimum Gasteiger partial charge on any atom is -0.493 e. The fraction of sp³-hybridized carbons (Fsp3) is 0.348. The second-order valence-corrected chi connectivity index (χ2v) is 7.70. The summed E-state index contributed by atoms with van der Waals surface area (Å²) in [7, 11) is 4.58. The van der Waals surface area contributed by atoms with Crippen LogP contribution in [0.5, 0.6) is 17.2 Å². The molecule has 1 aliphatic carbocycles. The Hall–Kier alpha value is -3.55. The molecule has 0 N–H and O–H groups in total. The number of aromatic nitrogens is 2. The van der Waals surface area contributed by atoms with E-state index >= 15 is 0 Å². The van der Waals surface area contributed by atoms with E-state index in [9.17, 15) is 4.79 Å². The summed E-state index contributed by atoms with van der Waals surface area (Å²) >= 11 is 0. The topological polar surface area (TPSA) is 86.9 Å². The molecule has 3 aromatic rings. The van der Waals surface area contributed by atoms with Crippen LogP contribution in [0.2, 0.25) is 0 Å². The van der Waals surface area contributed by atoms with Crippen LogP contribution < -0.4 is 19.1 Å². The van der Waals surface area contributed by atoms with E-state index < -0.39 is 0 Å². The van der Waals surface area contributed by atoms with Crippen LogP contribution in [0.4, 0.5) is 5.69 Å². The summed E-state index contributed by atoms with van der Waals surface area (Å²) < 4.78 is 21.9. The van der Waals surface area contributed by atoms with Gasteiger partial charge in [0.15, 0.2) is 17.3 Å². The minimum absolute atomic E-state index is 0.208. The van der Waals surface area contributed by atoms with Crippen molar-refractivity contribution in [3.63, 3.8) is 0 Å². The molecule has 31 heavy (non-hydrogen) atoms. The van der Waals surface area contributed by atoms with E-state index in [0.717, 1.165) is 29.9 Å². The number of carbonyl (C=O) groups is 1. The third-order valence-electron chi connectivity index (χ3n) is 5.79. The van der Waals surface area contributed by atoms with E-state index in [2.05, 4.69) is 10.1 Å². The summed E-state index contributed by atoms with van der Waals surface area (Å²) in [5.41, 5.74) is 2.30. The highest BCUT2D eigenvalue weighted by molar-refractivity contribution is 6.08. The van der Waals surface area contributed by atoms with Crippen LogP contribution in [0.3, 0.4) is 0 Å². The van der Waals surface area contributed by atoms with Crippen LogP contribution in [-0.4, -0.2) is 37.4 Å². The number of carbonyl (C=O) groups excluding carboxylic acids is 1. The molecule has 2 heterocycles. The van der Waals surface area contributed by atoms with Gasteiger partial charge < -0.3 is 18.7 Å². The molecule has 1 aromatic heterocycles. The fourth-order valence-corrected chi connectivity index (χ4v) is 4.07. The zero-order valence-corrected chi connectivity index (χ0v) is 17.6. The van der Waals surface area contributed by atoms with Crippen LogP contribution in [-0.2, 0) is 6.42 Å². The van der Waals surface area contributed by atoms with Gasteiger partial charge in [-0.25, -0.2) is 0 Å². The molecule has 8 heteroatoms. The van der Waals surface area contributed by atoms with Crippen LogP contribution in [0.1, 0.15) is 52.4 Å². The van der Waals surface area contributed by atoms with Gasteiger partial charge in [-0.05, 0) is 36.6 Å². The number of anilines is 1. The zero-order chi connectivity index (χ0) is 21.5. The SMILES string of the molecule is COc1cc(C(=O)N2c3ccccc3CC2c2nc(C3CC3)no2)cc(OC)c1OC. The van der Waals surface area contributed by atoms with Crippen molar-refractivity contribution in [3.8, 4) is 17.2 Å². The Bertz CT molecular complexity index is 1110. The third-order valence-corrected chi connectivity index (χ3v) is 5.79. The molecule has 1 atom stereocenters. The fourth-order valence-electron chi connectivity index (χ4n) is 4.07. The van der Waals surface area contributed by atoms with Gasteiger partial charge in [0.25, 0.3) is 5.91 Å². The lowest BCUT2D eigenvalue weighted by atomic mass is 10.1. The highest BCUT2D eigenvalue weighted by atomic mass is 16.5. The lowest BCUT2D eigenvalue weighted by Crippen LogP contribution is -2.32. The lowest BCUT2D eigenvalue weighted by molar-refractivity contribution is 0.0974. The van der Waals surface area contributed by atoms with Gasteiger partial charge in [-0.2, -0.15) is 4.98 Å². The quantitative estimate of drug-likeness (QED) is 0.596. The first-order valence-corrected chi connectivity index (χ1v) is 10.2. The Labute approximate surface area is 179 Å². The first kappa shape index (κ1) is 19.4. The van der Waals surface area contributed by atoms with Gasteiger partial charge in [-0.3, -0.25) is 9.69 Å². The molecule has 1 unspecified atom stereocenters. The van der Waals surface area contributed by atoms with Gasteiger partial charge in [0.05, 0.1) is 21.3 Å². The lowest BCUT2D eigenvalue weighted by Gasteiger charge is -2.24. The summed E-state index contributed by atoms with van der Waals surface area (Å²) in [5, 5.41) is 4.15. The van der Waals surface area contributed by atoms with Crippen LogP contribution in [0.15, 0.2) is 40.9 Å². The monoisotopic (exact) mass is 421 g/mol. The summed E-state index contributed by atoms with van der Waals surface area (Å²) in [6, 6.07) is 10.8. The molecule has 1 saturated carbocycles. The molecule has 1 amide bonds. The van der Waals surface area contributed by atoms with Gasteiger partial charge >= 0.3 is 0 Å².